The number of hydrogen-bond donors (Lipinski definition) is 3. The number of ether oxygens (including phenoxy) is 1. The largest absolute Gasteiger partial charge is 0.506 e. The fourth-order valence-corrected chi connectivity index (χ4v) is 4.78. The van der Waals surface area contributed by atoms with Gasteiger partial charge in [0.2, 0.25) is 0 Å². The quantitative estimate of drug-likeness (QED) is 0.165. The Kier molecular flexibility index (Phi) is 8.10. The molecule has 1 aromatic heterocycles. The average Bonchev–Trinajstić information content (AvgIpc) is 3.18. The van der Waals surface area contributed by atoms with Crippen molar-refractivity contribution in [3.8, 4) is 22.9 Å². The minimum atomic E-state index is -0.286. The normalized spacial score (nSPS) is 11.1. The van der Waals surface area contributed by atoms with E-state index in [0.717, 1.165) is 21.6 Å². The second-order valence-electron chi connectivity index (χ2n) is 6.23. The van der Waals surface area contributed by atoms with E-state index in [2.05, 4.69) is 52.6 Å². The molecule has 1 heterocycles. The number of methoxy groups -OCH3 is 1. The van der Waals surface area contributed by atoms with Crippen molar-refractivity contribution in [2.75, 3.05) is 12.9 Å². The first-order chi connectivity index (χ1) is 14.9. The maximum Gasteiger partial charge on any atom is 0.337 e. The molecule has 8 nitrogen and oxygen atoms in total. The van der Waals surface area contributed by atoms with Crippen molar-refractivity contribution in [3.63, 3.8) is 0 Å². The molecule has 11 heteroatoms. The van der Waals surface area contributed by atoms with E-state index in [-0.39, 0.29) is 17.4 Å². The Morgan fingerprint density at radius 3 is 2.77 bits per heavy atom. The molecular weight excluding hydrogens is 550 g/mol. The number of thioether (sulfide) groups is 1. The molecule has 162 valence electrons. The van der Waals surface area contributed by atoms with Crippen LogP contribution >= 0.6 is 43.6 Å². The number of benzene rings is 2. The summed E-state index contributed by atoms with van der Waals surface area (Å²) >= 11 is 7.91. The van der Waals surface area contributed by atoms with Gasteiger partial charge in [-0.3, -0.25) is 4.79 Å². The third-order valence-electron chi connectivity index (χ3n) is 4.22. The van der Waals surface area contributed by atoms with Gasteiger partial charge in [0.25, 0.3) is 11.7 Å². The highest BCUT2D eigenvalue weighted by atomic mass is 79.9. The second-order valence-corrected chi connectivity index (χ2v) is 8.95. The lowest BCUT2D eigenvalue weighted by Gasteiger charge is -2.03. The number of nitrogens with zero attached hydrogens (tertiary/aromatic N) is 3. The first-order valence-electron chi connectivity index (χ1n) is 9.18. The van der Waals surface area contributed by atoms with Gasteiger partial charge in [-0.2, -0.15) is 5.10 Å². The molecule has 2 aromatic carbocycles. The van der Waals surface area contributed by atoms with Crippen molar-refractivity contribution in [2.24, 2.45) is 5.10 Å². The van der Waals surface area contributed by atoms with Crippen LogP contribution in [0.4, 0.5) is 0 Å². The summed E-state index contributed by atoms with van der Waals surface area (Å²) in [7, 11) is 1.63. The van der Waals surface area contributed by atoms with Crippen molar-refractivity contribution in [3.05, 3.63) is 50.9 Å². The average molecular weight is 570 g/mol. The predicted octanol–water partition coefficient (Wildman–Crippen LogP) is 3.87. The summed E-state index contributed by atoms with van der Waals surface area (Å²) in [4.78, 5) is 12.2. The van der Waals surface area contributed by atoms with Gasteiger partial charge in [0.1, 0.15) is 11.5 Å². The number of rotatable bonds is 8. The lowest BCUT2D eigenvalue weighted by Crippen LogP contribution is -2.36. The van der Waals surface area contributed by atoms with Crippen LogP contribution in [0.5, 0.6) is 11.5 Å². The van der Waals surface area contributed by atoms with Gasteiger partial charge in [-0.05, 0) is 71.0 Å². The first-order valence-corrected chi connectivity index (χ1v) is 11.8. The van der Waals surface area contributed by atoms with Crippen LogP contribution in [0.15, 0.2) is 55.6 Å². The van der Waals surface area contributed by atoms with Crippen molar-refractivity contribution in [1.29, 1.82) is 0 Å². The highest BCUT2D eigenvalue weighted by Gasteiger charge is 2.21. The van der Waals surface area contributed by atoms with E-state index in [1.165, 1.54) is 18.0 Å². The van der Waals surface area contributed by atoms with Crippen LogP contribution in [-0.2, 0) is 11.3 Å². The van der Waals surface area contributed by atoms with Gasteiger partial charge in [-0.1, -0.05) is 15.9 Å². The number of carbonyl (C=O) groups excluding carboxylic acids is 1. The highest BCUT2D eigenvalue weighted by Crippen LogP contribution is 2.30. The number of nitrogens with one attached hydrogen (secondary N) is 2. The van der Waals surface area contributed by atoms with E-state index in [1.807, 2.05) is 35.8 Å². The number of phenolic OH excluding ortho intramolecular Hbond substituents is 1. The minimum Gasteiger partial charge on any atom is -0.506 e. The Morgan fingerprint density at radius 1 is 1.35 bits per heavy atom. The lowest BCUT2D eigenvalue weighted by atomic mass is 10.2. The summed E-state index contributed by atoms with van der Waals surface area (Å²) in [6.45, 7) is 2.70. The summed E-state index contributed by atoms with van der Waals surface area (Å²) in [5.74, 6) is 1.52. The van der Waals surface area contributed by atoms with Crippen LogP contribution < -0.4 is 14.7 Å². The third kappa shape index (κ3) is 5.86. The van der Waals surface area contributed by atoms with Gasteiger partial charge in [0.15, 0.2) is 0 Å². The predicted molar refractivity (Wildman–Crippen MR) is 126 cm³/mol. The van der Waals surface area contributed by atoms with Crippen LogP contribution in [0.25, 0.3) is 11.4 Å². The van der Waals surface area contributed by atoms with Gasteiger partial charge in [-0.25, -0.2) is 9.99 Å². The molecule has 0 atom stereocenters. The summed E-state index contributed by atoms with van der Waals surface area (Å²) in [5.41, 5.74) is 3.90. The van der Waals surface area contributed by atoms with Crippen molar-refractivity contribution in [2.45, 2.75) is 18.6 Å². The molecule has 0 radical (unpaired) electrons. The number of amides is 1. The molecule has 0 spiro atoms. The monoisotopic (exact) mass is 568 g/mol. The summed E-state index contributed by atoms with van der Waals surface area (Å²) in [5, 5.41) is 22.0. The van der Waals surface area contributed by atoms with Crippen LogP contribution in [0.2, 0.25) is 0 Å². The SMILES string of the molecule is CC[n+]1c(SCC(=O)N/N=C/c2cc(Br)cc(Br)c2O)n[nH]c1-c1ccc(OC)cc1. The van der Waals surface area contributed by atoms with Gasteiger partial charge in [0.05, 0.1) is 40.8 Å². The molecule has 0 aliphatic carbocycles. The zero-order chi connectivity index (χ0) is 22.4. The molecule has 0 saturated carbocycles. The number of aromatic amines is 1. The first kappa shape index (κ1) is 23.3. The molecule has 3 rings (SSSR count). The van der Waals surface area contributed by atoms with E-state index in [0.29, 0.717) is 21.7 Å². The van der Waals surface area contributed by atoms with Crippen molar-refractivity contribution >= 4 is 55.7 Å². The molecule has 0 aliphatic heterocycles. The Balaban J connectivity index is 1.62. The van der Waals surface area contributed by atoms with E-state index < -0.39 is 0 Å². The molecule has 1 amide bonds. The van der Waals surface area contributed by atoms with Gasteiger partial charge >= 0.3 is 5.16 Å². The standard InChI is InChI=1S/C20H19Br2N5O3S/c1-3-27-19(12-4-6-15(30-2)7-5-12)25-26-20(27)31-11-17(28)24-23-10-13-8-14(21)9-16(22)18(13)29/h4-10H,3,11H2,1-2H3,(H2,23,24,28,29)/p+1. The van der Waals surface area contributed by atoms with Crippen molar-refractivity contribution < 1.29 is 19.2 Å². The number of aromatic nitrogens is 3. The summed E-state index contributed by atoms with van der Waals surface area (Å²) in [6, 6.07) is 11.1. The number of halogens is 2. The molecule has 0 bridgehead atoms. The number of phenols is 1. The van der Waals surface area contributed by atoms with Gasteiger partial charge in [0, 0.05) is 10.0 Å². The van der Waals surface area contributed by atoms with Gasteiger partial charge < -0.3 is 9.84 Å². The number of H-pyrrole nitrogens is 1. The number of aromatic hydroxyl groups is 1. The topological polar surface area (TPSA) is 103 Å². The molecule has 0 unspecified atom stereocenters. The Hall–Kier alpha value is -2.37. The zero-order valence-corrected chi connectivity index (χ0v) is 20.7. The molecule has 3 N–H and O–H groups in total. The maximum atomic E-state index is 12.2. The lowest BCUT2D eigenvalue weighted by molar-refractivity contribution is -0.719. The van der Waals surface area contributed by atoms with Crippen LogP contribution in [-0.4, -0.2) is 40.3 Å². The van der Waals surface area contributed by atoms with Crippen LogP contribution in [0.1, 0.15) is 12.5 Å². The highest BCUT2D eigenvalue weighted by molar-refractivity contribution is 9.11. The Labute approximate surface area is 200 Å². The maximum absolute atomic E-state index is 12.2. The fraction of sp³-hybridized carbons (Fsp3) is 0.200. The van der Waals surface area contributed by atoms with Crippen molar-refractivity contribution in [1.82, 2.24) is 15.6 Å². The van der Waals surface area contributed by atoms with E-state index in [1.54, 1.807) is 19.2 Å². The van der Waals surface area contributed by atoms with Crippen LogP contribution in [0.3, 0.4) is 0 Å². The summed E-state index contributed by atoms with van der Waals surface area (Å²) in [6.07, 6.45) is 1.38. The molecular formula is C20H20Br2N5O3S+. The van der Waals surface area contributed by atoms with E-state index in [4.69, 9.17) is 4.74 Å². The second kappa shape index (κ2) is 10.8. The Morgan fingerprint density at radius 2 is 2.10 bits per heavy atom. The molecule has 0 fully saturated rings. The Bertz CT molecular complexity index is 1100. The van der Waals surface area contributed by atoms with E-state index >= 15 is 0 Å². The number of carbonyl (C=O) groups is 1. The number of hydrogen-bond acceptors (Lipinski definition) is 6. The smallest absolute Gasteiger partial charge is 0.337 e. The third-order valence-corrected chi connectivity index (χ3v) is 6.26. The molecule has 31 heavy (non-hydrogen) atoms. The van der Waals surface area contributed by atoms with Gasteiger partial charge in [-0.15, -0.1) is 5.10 Å². The summed E-state index contributed by atoms with van der Waals surface area (Å²) < 4.78 is 8.50. The minimum absolute atomic E-state index is 0.0437. The van der Waals surface area contributed by atoms with E-state index in [9.17, 15) is 9.90 Å². The zero-order valence-electron chi connectivity index (χ0n) is 16.7. The molecule has 0 aliphatic rings. The molecule has 0 saturated heterocycles. The van der Waals surface area contributed by atoms with Crippen LogP contribution in [0, 0.1) is 0 Å². The molecule has 3 aromatic rings. The number of hydrazone groups is 1. The fourth-order valence-electron chi connectivity index (χ4n) is 2.71.